The molecular formula is C23H24F6N4O5. The van der Waals surface area contributed by atoms with Crippen LogP contribution in [0.25, 0.3) is 0 Å². The fourth-order valence-corrected chi connectivity index (χ4v) is 3.57. The third kappa shape index (κ3) is 8.90. The van der Waals surface area contributed by atoms with Crippen molar-refractivity contribution in [3.63, 3.8) is 0 Å². The van der Waals surface area contributed by atoms with Crippen molar-refractivity contribution in [3.05, 3.63) is 75.1 Å². The Morgan fingerprint density at radius 3 is 2.13 bits per heavy atom. The van der Waals surface area contributed by atoms with Gasteiger partial charge in [0, 0.05) is 35.8 Å². The van der Waals surface area contributed by atoms with Crippen molar-refractivity contribution in [2.24, 2.45) is 0 Å². The van der Waals surface area contributed by atoms with Crippen molar-refractivity contribution in [2.45, 2.75) is 38.1 Å². The maximum atomic E-state index is 14.2. The maximum Gasteiger partial charge on any atom is 0.490 e. The summed E-state index contributed by atoms with van der Waals surface area (Å²) in [6, 6.07) is 5.72. The average Bonchev–Trinajstić information content (AvgIpc) is 2.83. The largest absolute Gasteiger partial charge is 0.490 e. The second-order valence-corrected chi connectivity index (χ2v) is 8.39. The molecule has 3 rings (SSSR count). The van der Waals surface area contributed by atoms with E-state index in [0.717, 1.165) is 37.4 Å². The summed E-state index contributed by atoms with van der Waals surface area (Å²) in [7, 11) is 1.97. The number of hydrogen-bond acceptors (Lipinski definition) is 5. The van der Waals surface area contributed by atoms with Gasteiger partial charge in [-0.1, -0.05) is 6.07 Å². The fourth-order valence-electron chi connectivity index (χ4n) is 3.57. The summed E-state index contributed by atoms with van der Waals surface area (Å²) in [6.07, 6.45) is -3.72. The van der Waals surface area contributed by atoms with Crippen molar-refractivity contribution in [1.82, 2.24) is 15.1 Å². The number of likely N-dealkylation sites (tertiary alicyclic amines) is 1. The van der Waals surface area contributed by atoms with Crippen molar-refractivity contribution in [1.29, 1.82) is 0 Å². The molecule has 208 valence electrons. The van der Waals surface area contributed by atoms with Gasteiger partial charge in [0.15, 0.2) is 0 Å². The zero-order chi connectivity index (χ0) is 28.6. The van der Waals surface area contributed by atoms with E-state index in [1.54, 1.807) is 0 Å². The zero-order valence-corrected chi connectivity index (χ0v) is 20.0. The molecule has 0 aromatic heterocycles. The first-order chi connectivity index (χ1) is 17.7. The molecule has 0 bridgehead atoms. The third-order valence-electron chi connectivity index (χ3n) is 5.67. The predicted octanol–water partition coefficient (Wildman–Crippen LogP) is 4.45. The molecule has 0 atom stereocenters. The molecule has 1 saturated heterocycles. The summed E-state index contributed by atoms with van der Waals surface area (Å²) in [5.41, 5.74) is -0.112. The Bertz CT molecular complexity index is 1160. The molecule has 0 aliphatic carbocycles. The minimum atomic E-state index is -5.08. The van der Waals surface area contributed by atoms with Crippen molar-refractivity contribution in [2.75, 3.05) is 20.1 Å². The number of carbonyl (C=O) groups excluding carboxylic acids is 1. The topological polar surface area (TPSA) is 116 Å². The van der Waals surface area contributed by atoms with E-state index in [0.29, 0.717) is 12.8 Å². The molecule has 1 heterocycles. The highest BCUT2D eigenvalue weighted by atomic mass is 19.4. The number of urea groups is 1. The number of nitrogens with one attached hydrogen (secondary N) is 1. The van der Waals surface area contributed by atoms with E-state index in [4.69, 9.17) is 9.90 Å². The highest BCUT2D eigenvalue weighted by Gasteiger charge is 2.38. The van der Waals surface area contributed by atoms with Crippen LogP contribution in [0.2, 0.25) is 0 Å². The molecule has 0 unspecified atom stereocenters. The number of benzene rings is 2. The first-order valence-corrected chi connectivity index (χ1v) is 11.1. The van der Waals surface area contributed by atoms with Crippen LogP contribution in [0, 0.1) is 27.6 Å². The number of hydrogen-bond donors (Lipinski definition) is 2. The van der Waals surface area contributed by atoms with Crippen molar-refractivity contribution < 1.29 is 46.0 Å². The third-order valence-corrected chi connectivity index (χ3v) is 5.67. The Balaban J connectivity index is 0.000000638. The van der Waals surface area contributed by atoms with Crippen LogP contribution in [0.4, 0.5) is 36.8 Å². The number of carbonyl (C=O) groups is 2. The first kappa shape index (κ1) is 30.3. The summed E-state index contributed by atoms with van der Waals surface area (Å²) >= 11 is 0. The molecule has 0 saturated carbocycles. The Labute approximate surface area is 212 Å². The van der Waals surface area contributed by atoms with Crippen LogP contribution < -0.4 is 5.32 Å². The molecule has 9 nitrogen and oxygen atoms in total. The van der Waals surface area contributed by atoms with Crippen LogP contribution in [-0.2, 0) is 17.9 Å². The van der Waals surface area contributed by atoms with E-state index in [9.17, 15) is 41.3 Å². The minimum Gasteiger partial charge on any atom is -0.475 e. The number of aliphatic carboxylic acids is 1. The number of non-ortho nitro benzene ring substituents is 1. The van der Waals surface area contributed by atoms with E-state index in [1.807, 2.05) is 7.05 Å². The quantitative estimate of drug-likeness (QED) is 0.312. The van der Waals surface area contributed by atoms with E-state index in [1.165, 1.54) is 17.0 Å². The van der Waals surface area contributed by atoms with Crippen LogP contribution in [0.15, 0.2) is 36.4 Å². The van der Waals surface area contributed by atoms with Crippen molar-refractivity contribution in [3.8, 4) is 0 Å². The summed E-state index contributed by atoms with van der Waals surface area (Å²) in [6.45, 7) is 1.28. The highest BCUT2D eigenvalue weighted by Crippen LogP contribution is 2.21. The maximum absolute atomic E-state index is 14.2. The summed E-state index contributed by atoms with van der Waals surface area (Å²) in [5.74, 6) is -5.00. The average molecular weight is 550 g/mol. The molecule has 1 fully saturated rings. The molecule has 0 spiro atoms. The smallest absolute Gasteiger partial charge is 0.475 e. The number of carboxylic acid groups (broad SMARTS) is 1. The number of carboxylic acids is 1. The van der Waals surface area contributed by atoms with Gasteiger partial charge in [-0.25, -0.2) is 22.8 Å². The number of nitro groups is 1. The van der Waals surface area contributed by atoms with E-state index >= 15 is 0 Å². The van der Waals surface area contributed by atoms with E-state index < -0.39 is 40.6 Å². The lowest BCUT2D eigenvalue weighted by Gasteiger charge is -2.37. The molecule has 1 aliphatic heterocycles. The zero-order valence-electron chi connectivity index (χ0n) is 20.0. The number of nitro benzene ring substituents is 1. The number of halogens is 6. The van der Waals surface area contributed by atoms with Gasteiger partial charge in [-0.15, -0.1) is 0 Å². The van der Waals surface area contributed by atoms with Crippen LogP contribution >= 0.6 is 0 Å². The molecule has 2 aromatic carbocycles. The van der Waals surface area contributed by atoms with Gasteiger partial charge >= 0.3 is 18.2 Å². The van der Waals surface area contributed by atoms with Crippen LogP contribution in [0.5, 0.6) is 0 Å². The second kappa shape index (κ2) is 13.1. The fraction of sp³-hybridized carbons (Fsp3) is 0.391. The molecule has 1 aliphatic rings. The molecule has 38 heavy (non-hydrogen) atoms. The normalized spacial score (nSPS) is 14.3. The van der Waals surface area contributed by atoms with Crippen LogP contribution in [0.1, 0.15) is 24.0 Å². The highest BCUT2D eigenvalue weighted by molar-refractivity contribution is 5.74. The van der Waals surface area contributed by atoms with Gasteiger partial charge in [-0.3, -0.25) is 10.1 Å². The monoisotopic (exact) mass is 550 g/mol. The summed E-state index contributed by atoms with van der Waals surface area (Å²) in [4.78, 5) is 35.5. The number of alkyl halides is 3. The lowest BCUT2D eigenvalue weighted by Crippen LogP contribution is -2.49. The standard InChI is InChI=1S/C21H23F3N4O3.C2HF3O2/c1-26-8-6-17(7-9-26)27(13-15-2-4-16(22)10-19(15)23)21(29)25-12-14-3-5-18(28(30)31)11-20(14)24;3-2(4,5)1(6)7/h2-5,10-11,17H,6-9,12-13H2,1H3,(H,25,29);(H,6,7). The minimum absolute atomic E-state index is 0.0604. The van der Waals surface area contributed by atoms with Crippen molar-refractivity contribution >= 4 is 17.7 Å². The van der Waals surface area contributed by atoms with Crippen LogP contribution in [-0.4, -0.2) is 64.2 Å². The number of nitrogens with zero attached hydrogens (tertiary/aromatic N) is 3. The number of amides is 2. The molecule has 2 N–H and O–H groups in total. The van der Waals surface area contributed by atoms with Gasteiger partial charge in [0.1, 0.15) is 17.5 Å². The second-order valence-electron chi connectivity index (χ2n) is 8.39. The Kier molecular flexibility index (Phi) is 10.4. The lowest BCUT2D eigenvalue weighted by atomic mass is 10.0. The number of piperidine rings is 1. The molecule has 2 aromatic rings. The van der Waals surface area contributed by atoms with Gasteiger partial charge in [0.2, 0.25) is 0 Å². The van der Waals surface area contributed by atoms with E-state index in [2.05, 4.69) is 10.2 Å². The Morgan fingerprint density at radius 1 is 1.08 bits per heavy atom. The van der Waals surface area contributed by atoms with Crippen LogP contribution in [0.3, 0.4) is 0 Å². The summed E-state index contributed by atoms with van der Waals surface area (Å²) < 4.78 is 73.3. The van der Waals surface area contributed by atoms with Gasteiger partial charge in [0.05, 0.1) is 17.5 Å². The van der Waals surface area contributed by atoms with Gasteiger partial charge in [0.25, 0.3) is 5.69 Å². The predicted molar refractivity (Wildman–Crippen MR) is 121 cm³/mol. The number of rotatable bonds is 6. The summed E-state index contributed by atoms with van der Waals surface area (Å²) in [5, 5.41) is 20.5. The SMILES string of the molecule is CN1CCC(N(Cc2ccc(F)cc2F)C(=O)NCc2ccc([N+](=O)[O-])cc2F)CC1.O=C(O)C(F)(F)F. The Morgan fingerprint density at radius 2 is 1.63 bits per heavy atom. The molecule has 2 amide bonds. The lowest BCUT2D eigenvalue weighted by molar-refractivity contribution is -0.385. The molecule has 0 radical (unpaired) electrons. The molecule has 15 heteroatoms. The van der Waals surface area contributed by atoms with Gasteiger partial charge in [-0.2, -0.15) is 13.2 Å². The van der Waals surface area contributed by atoms with E-state index in [-0.39, 0.29) is 35.9 Å². The molecular weight excluding hydrogens is 526 g/mol. The van der Waals surface area contributed by atoms with Gasteiger partial charge < -0.3 is 20.2 Å². The van der Waals surface area contributed by atoms with Gasteiger partial charge in [-0.05, 0) is 45.1 Å². The Hall–Kier alpha value is -3.88. The first-order valence-electron chi connectivity index (χ1n) is 11.1.